The predicted octanol–water partition coefficient (Wildman–Crippen LogP) is 7.51. The van der Waals surface area contributed by atoms with Crippen molar-refractivity contribution >= 4 is 59.3 Å². The number of amides is 4. The van der Waals surface area contributed by atoms with Crippen LogP contribution in [0.25, 0.3) is 24.3 Å². The van der Waals surface area contributed by atoms with Crippen LogP contribution in [-0.4, -0.2) is 80.8 Å². The lowest BCUT2D eigenvalue weighted by Gasteiger charge is -2.42. The zero-order valence-electron chi connectivity index (χ0n) is 37.3. The van der Waals surface area contributed by atoms with Crippen LogP contribution < -0.4 is 22.1 Å². The number of carbonyl (C=O) groups is 4. The normalized spacial score (nSPS) is 13.1. The quantitative estimate of drug-likeness (QED) is 0.0459. The summed E-state index contributed by atoms with van der Waals surface area (Å²) in [5.41, 5.74) is 14.4. The summed E-state index contributed by atoms with van der Waals surface area (Å²) in [5, 5.41) is 5.64. The summed E-state index contributed by atoms with van der Waals surface area (Å²) < 4.78 is 6.56. The molecule has 0 saturated heterocycles. The zero-order valence-corrected chi connectivity index (χ0v) is 37.3. The molecule has 13 heteroatoms. The second-order valence-corrected chi connectivity index (χ2v) is 16.1. The number of anilines is 2. The monoisotopic (exact) mass is 854 g/mol. The first-order chi connectivity index (χ1) is 30.1. The van der Waals surface area contributed by atoms with Crippen molar-refractivity contribution in [3.8, 4) is 0 Å². The number of hydrogen-bond donors (Lipinski definition) is 4. The molecule has 0 aliphatic heterocycles. The SMILES string of the molecule is CCCN(CC(C)(C)OCCC(C)(CC)N(CCC)C(=O)/C(=C/c1cccnc1)NC(=O)/C=C/c1ccc(N)cc1)C(=O)/C(=C/c1cccnc1)NC(=O)/C=C/c1ccc(N)cc1. The molecule has 6 N–H and O–H groups in total. The van der Waals surface area contributed by atoms with Crippen molar-refractivity contribution in [1.29, 1.82) is 0 Å². The largest absolute Gasteiger partial charge is 0.399 e. The molecule has 0 radical (unpaired) electrons. The Kier molecular flexibility index (Phi) is 18.6. The molecule has 0 aliphatic rings. The van der Waals surface area contributed by atoms with E-state index in [9.17, 15) is 19.2 Å². The number of nitrogens with two attached hydrogens (primary N) is 2. The van der Waals surface area contributed by atoms with E-state index in [0.717, 1.165) is 11.1 Å². The predicted molar refractivity (Wildman–Crippen MR) is 253 cm³/mol. The van der Waals surface area contributed by atoms with Crippen LogP contribution in [0.4, 0.5) is 11.4 Å². The average Bonchev–Trinajstić information content (AvgIpc) is 3.27. The number of rotatable bonds is 22. The lowest BCUT2D eigenvalue weighted by atomic mass is 9.91. The van der Waals surface area contributed by atoms with Gasteiger partial charge in [-0.05, 0) is 129 Å². The van der Waals surface area contributed by atoms with Gasteiger partial charge in [-0.1, -0.05) is 57.2 Å². The number of benzene rings is 2. The van der Waals surface area contributed by atoms with Crippen molar-refractivity contribution < 1.29 is 23.9 Å². The summed E-state index contributed by atoms with van der Waals surface area (Å²) in [6.07, 6.45) is 18.2. The Bertz CT molecular complexity index is 2240. The molecular weight excluding hydrogens is 793 g/mol. The molecular formula is C50H62N8O5. The molecule has 4 amide bonds. The fourth-order valence-electron chi connectivity index (χ4n) is 6.70. The molecule has 4 aromatic rings. The van der Waals surface area contributed by atoms with Gasteiger partial charge < -0.3 is 36.6 Å². The van der Waals surface area contributed by atoms with Crippen LogP contribution in [0.2, 0.25) is 0 Å². The molecule has 13 nitrogen and oxygen atoms in total. The van der Waals surface area contributed by atoms with E-state index in [1.165, 1.54) is 12.2 Å². The van der Waals surface area contributed by atoms with Gasteiger partial charge in [0.05, 0.1) is 5.60 Å². The molecule has 2 aromatic heterocycles. The van der Waals surface area contributed by atoms with Crippen LogP contribution in [0.3, 0.4) is 0 Å². The molecule has 0 spiro atoms. The van der Waals surface area contributed by atoms with Crippen molar-refractivity contribution in [3.05, 3.63) is 143 Å². The molecule has 0 fully saturated rings. The second-order valence-electron chi connectivity index (χ2n) is 16.1. The Labute approximate surface area is 372 Å². The van der Waals surface area contributed by atoms with Crippen molar-refractivity contribution in [2.24, 2.45) is 0 Å². The Morgan fingerprint density at radius 1 is 0.667 bits per heavy atom. The van der Waals surface area contributed by atoms with Gasteiger partial charge in [-0.15, -0.1) is 0 Å². The number of pyridine rings is 2. The summed E-state index contributed by atoms with van der Waals surface area (Å²) in [4.78, 5) is 67.3. The van der Waals surface area contributed by atoms with E-state index in [0.29, 0.717) is 61.3 Å². The second kappa shape index (κ2) is 24.0. The highest BCUT2D eigenvalue weighted by atomic mass is 16.5. The maximum Gasteiger partial charge on any atom is 0.270 e. The van der Waals surface area contributed by atoms with Gasteiger partial charge in [-0.3, -0.25) is 29.1 Å². The fraction of sp³-hybridized carbons (Fsp3) is 0.320. The van der Waals surface area contributed by atoms with Crippen LogP contribution in [0, 0.1) is 0 Å². The van der Waals surface area contributed by atoms with Crippen molar-refractivity contribution in [2.45, 2.75) is 78.4 Å². The summed E-state index contributed by atoms with van der Waals surface area (Å²) in [6.45, 7) is 13.2. The van der Waals surface area contributed by atoms with Crippen molar-refractivity contribution in [3.63, 3.8) is 0 Å². The van der Waals surface area contributed by atoms with Gasteiger partial charge in [0.2, 0.25) is 11.8 Å². The molecule has 2 aromatic carbocycles. The lowest BCUT2D eigenvalue weighted by Crippen LogP contribution is -2.53. The first kappa shape index (κ1) is 48.8. The Morgan fingerprint density at radius 2 is 1.14 bits per heavy atom. The van der Waals surface area contributed by atoms with Gasteiger partial charge in [-0.25, -0.2) is 0 Å². The van der Waals surface area contributed by atoms with E-state index in [4.69, 9.17) is 16.2 Å². The third-order valence-corrected chi connectivity index (χ3v) is 10.3. The highest BCUT2D eigenvalue weighted by Gasteiger charge is 2.36. The molecule has 63 heavy (non-hydrogen) atoms. The molecule has 0 bridgehead atoms. The fourth-order valence-corrected chi connectivity index (χ4v) is 6.70. The Morgan fingerprint density at radius 3 is 1.57 bits per heavy atom. The van der Waals surface area contributed by atoms with Crippen LogP contribution in [-0.2, 0) is 23.9 Å². The van der Waals surface area contributed by atoms with Crippen LogP contribution in [0.15, 0.2) is 121 Å². The maximum atomic E-state index is 14.6. The minimum atomic E-state index is -0.826. The zero-order chi connectivity index (χ0) is 45.8. The minimum Gasteiger partial charge on any atom is -0.399 e. The van der Waals surface area contributed by atoms with Gasteiger partial charge in [0.15, 0.2) is 0 Å². The molecule has 0 saturated carbocycles. The summed E-state index contributed by atoms with van der Waals surface area (Å²) in [7, 11) is 0. The minimum absolute atomic E-state index is 0.0921. The van der Waals surface area contributed by atoms with E-state index < -0.39 is 23.0 Å². The van der Waals surface area contributed by atoms with Gasteiger partial charge in [0.25, 0.3) is 11.8 Å². The third-order valence-electron chi connectivity index (χ3n) is 10.3. The Hall–Kier alpha value is -6.86. The van der Waals surface area contributed by atoms with Crippen LogP contribution in [0.5, 0.6) is 0 Å². The third kappa shape index (κ3) is 15.8. The number of nitrogen functional groups attached to an aromatic ring is 2. The highest BCUT2D eigenvalue weighted by molar-refractivity contribution is 6.05. The van der Waals surface area contributed by atoms with Crippen molar-refractivity contribution in [1.82, 2.24) is 30.4 Å². The number of aromatic nitrogens is 2. The number of hydrogen-bond acceptors (Lipinski definition) is 9. The summed E-state index contributed by atoms with van der Waals surface area (Å²) >= 11 is 0. The van der Waals surface area contributed by atoms with E-state index in [2.05, 4.69) is 20.6 Å². The van der Waals surface area contributed by atoms with Gasteiger partial charge in [-0.2, -0.15) is 0 Å². The molecule has 1 atom stereocenters. The first-order valence-corrected chi connectivity index (χ1v) is 21.3. The highest BCUT2D eigenvalue weighted by Crippen LogP contribution is 2.28. The molecule has 332 valence electrons. The molecule has 0 aliphatic carbocycles. The average molecular weight is 855 g/mol. The maximum absolute atomic E-state index is 14.6. The number of carbonyl (C=O) groups excluding carboxylic acids is 4. The van der Waals surface area contributed by atoms with Gasteiger partial charge >= 0.3 is 0 Å². The Balaban J connectivity index is 1.51. The van der Waals surface area contributed by atoms with Gasteiger partial charge in [0, 0.05) is 80.1 Å². The van der Waals surface area contributed by atoms with E-state index in [1.807, 2.05) is 52.5 Å². The smallest absolute Gasteiger partial charge is 0.270 e. The number of nitrogens with zero attached hydrogens (tertiary/aromatic N) is 4. The van der Waals surface area contributed by atoms with E-state index in [1.54, 1.807) is 121 Å². The van der Waals surface area contributed by atoms with Crippen LogP contribution in [0.1, 0.15) is 89.5 Å². The molecule has 2 heterocycles. The van der Waals surface area contributed by atoms with E-state index >= 15 is 0 Å². The summed E-state index contributed by atoms with van der Waals surface area (Å²) in [5.74, 6) is -1.65. The molecule has 1 unspecified atom stereocenters. The number of nitrogens with one attached hydrogen (secondary N) is 2. The van der Waals surface area contributed by atoms with Gasteiger partial charge in [0.1, 0.15) is 11.4 Å². The standard InChI is InChI=1S/C50H62N8O5/c1-7-29-57(47(61)43(32-39-12-10-27-53-34-39)55-45(59)24-18-37-14-20-41(51)21-15-37)36-49(4,5)63-31-26-50(6,9-3)58(30-8-2)48(62)44(33-40-13-11-28-54-35-40)56-46(60)25-19-38-16-22-42(52)23-17-38/h10-25,27-28,32-35H,7-9,26,29-31,36,51-52H2,1-6H3,(H,55,59)(H,56,60)/b24-18+,25-19+,43-32-,44-33-. The number of ether oxygens (including phenoxy) is 1. The van der Waals surface area contributed by atoms with E-state index in [-0.39, 0.29) is 36.4 Å². The lowest BCUT2D eigenvalue weighted by molar-refractivity contribution is -0.138. The van der Waals surface area contributed by atoms with Crippen LogP contribution >= 0.6 is 0 Å². The first-order valence-electron chi connectivity index (χ1n) is 21.3. The van der Waals surface area contributed by atoms with Crippen molar-refractivity contribution in [2.75, 3.05) is 37.7 Å². The topological polar surface area (TPSA) is 186 Å². The summed E-state index contributed by atoms with van der Waals surface area (Å²) in [6, 6.07) is 21.3. The molecule has 4 rings (SSSR count).